The summed E-state index contributed by atoms with van der Waals surface area (Å²) in [7, 11) is 0. The van der Waals surface area contributed by atoms with E-state index in [1.807, 2.05) is 0 Å². The maximum atomic E-state index is 13.6. The Morgan fingerprint density at radius 1 is 1.35 bits per heavy atom. The van der Waals surface area contributed by atoms with E-state index in [1.165, 1.54) is 33.7 Å². The first-order valence-corrected chi connectivity index (χ1v) is 6.06. The van der Waals surface area contributed by atoms with E-state index in [4.69, 9.17) is 5.73 Å². The summed E-state index contributed by atoms with van der Waals surface area (Å²) >= 11 is 0. The molecule has 6 nitrogen and oxygen atoms in total. The van der Waals surface area contributed by atoms with E-state index in [9.17, 15) is 9.18 Å². The molecule has 0 fully saturated rings. The Kier molecular flexibility index (Phi) is 3.03. The molecule has 0 spiro atoms. The first kappa shape index (κ1) is 12.5. The molecule has 102 valence electrons. The predicted molar refractivity (Wildman–Crippen MR) is 70.6 cm³/mol. The summed E-state index contributed by atoms with van der Waals surface area (Å²) in [6.45, 7) is 0.0987. The summed E-state index contributed by atoms with van der Waals surface area (Å²) < 4.78 is 16.2. The van der Waals surface area contributed by atoms with E-state index >= 15 is 0 Å². The van der Waals surface area contributed by atoms with Crippen LogP contribution in [0.5, 0.6) is 0 Å². The molecule has 20 heavy (non-hydrogen) atoms. The smallest absolute Gasteiger partial charge is 0.322 e. The van der Waals surface area contributed by atoms with Gasteiger partial charge in [0.05, 0.1) is 18.8 Å². The number of halogens is 1. The molecule has 0 aliphatic heterocycles. The molecule has 0 aliphatic rings. The first-order chi connectivity index (χ1) is 9.66. The molecule has 2 N–H and O–H groups in total. The summed E-state index contributed by atoms with van der Waals surface area (Å²) in [5.74, 6) is -0.390. The molecular formula is C13H12FN5O. The summed E-state index contributed by atoms with van der Waals surface area (Å²) in [5.41, 5.74) is 6.41. The van der Waals surface area contributed by atoms with Gasteiger partial charge in [0.15, 0.2) is 5.65 Å². The molecule has 1 atom stereocenters. The van der Waals surface area contributed by atoms with Crippen LogP contribution in [0.15, 0.2) is 47.7 Å². The van der Waals surface area contributed by atoms with E-state index in [0.717, 1.165) is 0 Å². The highest BCUT2D eigenvalue weighted by Crippen LogP contribution is 2.15. The largest absolute Gasteiger partial charge is 0.350 e. The molecule has 0 aliphatic carbocycles. The van der Waals surface area contributed by atoms with Gasteiger partial charge in [-0.15, -0.1) is 5.10 Å². The molecule has 1 aromatic carbocycles. The number of fused-ring (bicyclic) bond motifs is 1. The second kappa shape index (κ2) is 4.86. The lowest BCUT2D eigenvalue weighted by molar-refractivity contribution is 0.491. The van der Waals surface area contributed by atoms with Crippen LogP contribution >= 0.6 is 0 Å². The minimum atomic E-state index is -0.647. The highest BCUT2D eigenvalue weighted by Gasteiger charge is 2.14. The summed E-state index contributed by atoms with van der Waals surface area (Å²) in [6, 6.07) is 5.59. The average Bonchev–Trinajstić information content (AvgIpc) is 2.76. The van der Waals surface area contributed by atoms with Gasteiger partial charge in [-0.3, -0.25) is 4.98 Å². The SMILES string of the molecule is NC(Cn1nc2cnccn2c1=O)c1ccccc1F. The second-order valence-corrected chi connectivity index (χ2v) is 4.40. The van der Waals surface area contributed by atoms with Crippen molar-refractivity contribution in [1.82, 2.24) is 19.2 Å². The number of hydrogen-bond donors (Lipinski definition) is 1. The normalized spacial score (nSPS) is 12.7. The van der Waals surface area contributed by atoms with Crippen LogP contribution in [0, 0.1) is 5.82 Å². The molecule has 0 bridgehead atoms. The highest BCUT2D eigenvalue weighted by atomic mass is 19.1. The molecule has 1 unspecified atom stereocenters. The Hall–Kier alpha value is -2.54. The van der Waals surface area contributed by atoms with E-state index in [0.29, 0.717) is 11.2 Å². The number of nitrogens with two attached hydrogens (primary N) is 1. The zero-order chi connectivity index (χ0) is 14.1. The van der Waals surface area contributed by atoms with E-state index in [1.54, 1.807) is 18.2 Å². The Balaban J connectivity index is 1.96. The van der Waals surface area contributed by atoms with E-state index in [-0.39, 0.29) is 12.2 Å². The summed E-state index contributed by atoms with van der Waals surface area (Å²) in [6.07, 6.45) is 4.50. The fourth-order valence-electron chi connectivity index (χ4n) is 2.06. The molecule has 0 amide bonds. The third-order valence-corrected chi connectivity index (χ3v) is 3.06. The monoisotopic (exact) mass is 273 g/mol. The van der Waals surface area contributed by atoms with Crippen LogP contribution < -0.4 is 11.4 Å². The lowest BCUT2D eigenvalue weighted by atomic mass is 10.1. The van der Waals surface area contributed by atoms with Crippen molar-refractivity contribution in [3.05, 3.63) is 64.7 Å². The van der Waals surface area contributed by atoms with Crippen molar-refractivity contribution in [2.45, 2.75) is 12.6 Å². The fraction of sp³-hybridized carbons (Fsp3) is 0.154. The van der Waals surface area contributed by atoms with Gasteiger partial charge in [-0.2, -0.15) is 0 Å². The van der Waals surface area contributed by atoms with Gasteiger partial charge in [0, 0.05) is 18.0 Å². The molecular weight excluding hydrogens is 261 g/mol. The standard InChI is InChI=1S/C13H12FN5O/c14-10-4-2-1-3-9(10)11(15)8-19-13(20)18-6-5-16-7-12(18)17-19/h1-7,11H,8,15H2. The Morgan fingerprint density at radius 2 is 2.15 bits per heavy atom. The van der Waals surface area contributed by atoms with Crippen molar-refractivity contribution in [1.29, 1.82) is 0 Å². The van der Waals surface area contributed by atoms with Crippen molar-refractivity contribution in [2.75, 3.05) is 0 Å². The average molecular weight is 273 g/mol. The van der Waals surface area contributed by atoms with Crippen LogP contribution in [0.25, 0.3) is 5.65 Å². The van der Waals surface area contributed by atoms with Crippen molar-refractivity contribution in [3.8, 4) is 0 Å². The molecule has 3 aromatic rings. The van der Waals surface area contributed by atoms with Crippen LogP contribution in [-0.4, -0.2) is 19.2 Å². The fourth-order valence-corrected chi connectivity index (χ4v) is 2.06. The molecule has 7 heteroatoms. The molecule has 3 rings (SSSR count). The minimum absolute atomic E-state index is 0.0987. The molecule has 2 aromatic heterocycles. The first-order valence-electron chi connectivity index (χ1n) is 6.06. The second-order valence-electron chi connectivity index (χ2n) is 4.40. The van der Waals surface area contributed by atoms with Gasteiger partial charge in [-0.1, -0.05) is 18.2 Å². The predicted octanol–water partition coefficient (Wildman–Crippen LogP) is 0.730. The number of aromatic nitrogens is 4. The van der Waals surface area contributed by atoms with Crippen LogP contribution in [0.2, 0.25) is 0 Å². The minimum Gasteiger partial charge on any atom is -0.322 e. The Labute approximate surface area is 113 Å². The van der Waals surface area contributed by atoms with E-state index < -0.39 is 11.9 Å². The van der Waals surface area contributed by atoms with Gasteiger partial charge in [-0.05, 0) is 6.07 Å². The number of rotatable bonds is 3. The van der Waals surface area contributed by atoms with Crippen LogP contribution in [-0.2, 0) is 6.54 Å². The van der Waals surface area contributed by atoms with Crippen molar-refractivity contribution >= 4 is 5.65 Å². The molecule has 2 heterocycles. The van der Waals surface area contributed by atoms with Gasteiger partial charge in [0.2, 0.25) is 0 Å². The highest BCUT2D eigenvalue weighted by molar-refractivity contribution is 5.32. The molecule has 0 saturated carbocycles. The van der Waals surface area contributed by atoms with Crippen LogP contribution in [0.1, 0.15) is 11.6 Å². The summed E-state index contributed by atoms with van der Waals surface area (Å²) in [4.78, 5) is 16.0. The van der Waals surface area contributed by atoms with Gasteiger partial charge >= 0.3 is 5.69 Å². The Bertz CT molecular complexity index is 810. The van der Waals surface area contributed by atoms with Crippen LogP contribution in [0.4, 0.5) is 4.39 Å². The zero-order valence-electron chi connectivity index (χ0n) is 10.5. The topological polar surface area (TPSA) is 78.2 Å². The maximum Gasteiger partial charge on any atom is 0.350 e. The Morgan fingerprint density at radius 3 is 2.90 bits per heavy atom. The third kappa shape index (κ3) is 2.08. The zero-order valence-corrected chi connectivity index (χ0v) is 10.5. The van der Waals surface area contributed by atoms with Crippen LogP contribution in [0.3, 0.4) is 0 Å². The van der Waals surface area contributed by atoms with Crippen molar-refractivity contribution in [3.63, 3.8) is 0 Å². The number of nitrogens with zero attached hydrogens (tertiary/aromatic N) is 4. The van der Waals surface area contributed by atoms with Gasteiger partial charge in [-0.25, -0.2) is 18.3 Å². The number of benzene rings is 1. The van der Waals surface area contributed by atoms with E-state index in [2.05, 4.69) is 10.1 Å². The third-order valence-electron chi connectivity index (χ3n) is 3.06. The van der Waals surface area contributed by atoms with Gasteiger partial charge < -0.3 is 5.73 Å². The maximum absolute atomic E-state index is 13.6. The quantitative estimate of drug-likeness (QED) is 0.763. The lowest BCUT2D eigenvalue weighted by Crippen LogP contribution is -2.27. The molecule has 0 saturated heterocycles. The summed E-state index contributed by atoms with van der Waals surface area (Å²) in [5, 5.41) is 4.11. The van der Waals surface area contributed by atoms with Gasteiger partial charge in [0.25, 0.3) is 0 Å². The molecule has 0 radical (unpaired) electrons. The lowest BCUT2D eigenvalue weighted by Gasteiger charge is -2.11. The number of hydrogen-bond acceptors (Lipinski definition) is 4. The van der Waals surface area contributed by atoms with Crippen molar-refractivity contribution < 1.29 is 4.39 Å². The van der Waals surface area contributed by atoms with Crippen molar-refractivity contribution in [2.24, 2.45) is 5.73 Å². The van der Waals surface area contributed by atoms with Gasteiger partial charge in [0.1, 0.15) is 5.82 Å².